The molecule has 13 heteroatoms. The molecule has 0 radical (unpaired) electrons. The second kappa shape index (κ2) is 8.91. The van der Waals surface area contributed by atoms with Gasteiger partial charge in [0.25, 0.3) is 11.8 Å². The molecule has 0 bridgehead atoms. The zero-order chi connectivity index (χ0) is 23.4. The van der Waals surface area contributed by atoms with Gasteiger partial charge in [-0.3, -0.25) is 34.8 Å². The van der Waals surface area contributed by atoms with Gasteiger partial charge in [0, 0.05) is 29.7 Å². The number of benzene rings is 2. The number of hydrogen-bond donors (Lipinski definition) is 2. The van der Waals surface area contributed by atoms with Crippen molar-refractivity contribution in [2.24, 2.45) is 0 Å². The largest absolute Gasteiger partial charge is 0.322 e. The fourth-order valence-electron chi connectivity index (χ4n) is 2.52. The van der Waals surface area contributed by atoms with Gasteiger partial charge in [-0.15, -0.1) is 0 Å². The Morgan fingerprint density at radius 1 is 0.781 bits per heavy atom. The van der Waals surface area contributed by atoms with E-state index in [2.05, 4.69) is 15.6 Å². The summed E-state index contributed by atoms with van der Waals surface area (Å²) < 4.78 is 26.8. The van der Waals surface area contributed by atoms with Crippen molar-refractivity contribution in [1.29, 1.82) is 0 Å². The van der Waals surface area contributed by atoms with Crippen LogP contribution in [-0.2, 0) is 0 Å². The van der Waals surface area contributed by atoms with Gasteiger partial charge >= 0.3 is 11.4 Å². The Morgan fingerprint density at radius 3 is 1.72 bits per heavy atom. The van der Waals surface area contributed by atoms with Crippen LogP contribution in [0.4, 0.5) is 31.5 Å². The van der Waals surface area contributed by atoms with E-state index in [0.29, 0.717) is 0 Å². The third kappa shape index (κ3) is 4.84. The molecule has 32 heavy (non-hydrogen) atoms. The molecule has 0 aliphatic heterocycles. The molecule has 0 unspecified atom stereocenters. The number of amides is 2. The lowest BCUT2D eigenvalue weighted by molar-refractivity contribution is -0.387. The number of rotatable bonds is 6. The van der Waals surface area contributed by atoms with E-state index in [4.69, 9.17) is 0 Å². The van der Waals surface area contributed by atoms with E-state index in [9.17, 15) is 38.6 Å². The number of nitrogens with zero attached hydrogens (tertiary/aromatic N) is 3. The van der Waals surface area contributed by atoms with Gasteiger partial charge in [0.1, 0.15) is 5.69 Å². The van der Waals surface area contributed by atoms with Crippen molar-refractivity contribution in [2.75, 3.05) is 10.6 Å². The Labute approximate surface area is 177 Å². The van der Waals surface area contributed by atoms with Crippen LogP contribution in [0.2, 0.25) is 0 Å². The van der Waals surface area contributed by atoms with Crippen molar-refractivity contribution in [3.63, 3.8) is 0 Å². The highest BCUT2D eigenvalue weighted by Gasteiger charge is 2.18. The molecule has 0 aliphatic carbocycles. The number of hydrogen-bond acceptors (Lipinski definition) is 7. The fraction of sp³-hybridized carbons (Fsp3) is 0. The van der Waals surface area contributed by atoms with Gasteiger partial charge < -0.3 is 10.6 Å². The van der Waals surface area contributed by atoms with Crippen LogP contribution in [0.5, 0.6) is 0 Å². The molecule has 0 saturated heterocycles. The molecule has 2 aromatic carbocycles. The maximum Gasteiger partial charge on any atom is 0.306 e. The monoisotopic (exact) mass is 443 g/mol. The van der Waals surface area contributed by atoms with Crippen molar-refractivity contribution in [3.8, 4) is 0 Å². The summed E-state index contributed by atoms with van der Waals surface area (Å²) in [4.78, 5) is 48.0. The van der Waals surface area contributed by atoms with Crippen LogP contribution in [-0.4, -0.2) is 26.6 Å². The first-order valence-corrected chi connectivity index (χ1v) is 8.62. The molecular weight excluding hydrogens is 432 g/mol. The Balaban J connectivity index is 1.70. The second-order valence-corrected chi connectivity index (χ2v) is 6.19. The molecular formula is C19H11F2N5O6. The molecule has 0 saturated carbocycles. The minimum atomic E-state index is -1.06. The molecule has 1 heterocycles. The van der Waals surface area contributed by atoms with Gasteiger partial charge in [-0.25, -0.2) is 0 Å². The summed E-state index contributed by atoms with van der Waals surface area (Å²) in [5.74, 6) is -3.61. The summed E-state index contributed by atoms with van der Waals surface area (Å²) in [5, 5.41) is 26.2. The van der Waals surface area contributed by atoms with Gasteiger partial charge in [0.05, 0.1) is 15.4 Å². The van der Waals surface area contributed by atoms with Crippen LogP contribution in [0.15, 0.2) is 54.7 Å². The fourth-order valence-corrected chi connectivity index (χ4v) is 2.52. The maximum absolute atomic E-state index is 13.4. The van der Waals surface area contributed by atoms with E-state index >= 15 is 0 Å². The van der Waals surface area contributed by atoms with E-state index in [1.165, 1.54) is 12.1 Å². The summed E-state index contributed by atoms with van der Waals surface area (Å²) in [6, 6.07) is 8.05. The van der Waals surface area contributed by atoms with E-state index < -0.39 is 44.7 Å². The van der Waals surface area contributed by atoms with Crippen LogP contribution in [0.1, 0.15) is 20.8 Å². The molecule has 2 N–H and O–H groups in total. The highest BCUT2D eigenvalue weighted by molar-refractivity contribution is 6.06. The van der Waals surface area contributed by atoms with Gasteiger partial charge in [-0.05, 0) is 36.4 Å². The van der Waals surface area contributed by atoms with Crippen LogP contribution in [0.25, 0.3) is 0 Å². The van der Waals surface area contributed by atoms with Crippen molar-refractivity contribution < 1.29 is 28.2 Å². The van der Waals surface area contributed by atoms with E-state index in [1.807, 2.05) is 0 Å². The van der Waals surface area contributed by atoms with E-state index in [1.54, 1.807) is 0 Å². The molecule has 0 fully saturated rings. The third-order valence-corrected chi connectivity index (χ3v) is 4.06. The van der Waals surface area contributed by atoms with Crippen molar-refractivity contribution in [2.45, 2.75) is 0 Å². The Kier molecular flexibility index (Phi) is 6.09. The first-order chi connectivity index (χ1) is 15.2. The van der Waals surface area contributed by atoms with E-state index in [0.717, 1.165) is 42.6 Å². The maximum atomic E-state index is 13.4. The van der Waals surface area contributed by atoms with Crippen LogP contribution in [0.3, 0.4) is 0 Å². The Morgan fingerprint density at radius 2 is 1.28 bits per heavy atom. The zero-order valence-electron chi connectivity index (χ0n) is 15.7. The number of halogens is 2. The average molecular weight is 443 g/mol. The molecule has 11 nitrogen and oxygen atoms in total. The topological polar surface area (TPSA) is 157 Å². The van der Waals surface area contributed by atoms with Crippen molar-refractivity contribution in [1.82, 2.24) is 4.98 Å². The predicted octanol–water partition coefficient (Wildman–Crippen LogP) is 3.68. The minimum Gasteiger partial charge on any atom is -0.322 e. The summed E-state index contributed by atoms with van der Waals surface area (Å²) in [6.07, 6.45) is 1.05. The number of carbonyl (C=O) groups is 2. The molecule has 3 aromatic rings. The standard InChI is InChI=1S/C19H11F2N5O6/c20-13-4-2-11(7-16(13)25(29)30)23-18(27)10-1-6-15(22-9-10)19(28)24-12-3-5-14(21)17(8-12)26(31)32/h1-9H,(H,23,27)(H,24,28). The highest BCUT2D eigenvalue weighted by Crippen LogP contribution is 2.23. The van der Waals surface area contributed by atoms with Crippen LogP contribution < -0.4 is 10.6 Å². The Bertz CT molecular complexity index is 1150. The molecule has 0 aliphatic rings. The summed E-state index contributed by atoms with van der Waals surface area (Å²) in [7, 11) is 0. The Hall–Kier alpha value is -4.81. The molecule has 162 valence electrons. The van der Waals surface area contributed by atoms with Crippen molar-refractivity contribution in [3.05, 3.63) is 97.8 Å². The number of anilines is 2. The van der Waals surface area contributed by atoms with Crippen molar-refractivity contribution >= 4 is 34.6 Å². The highest BCUT2D eigenvalue weighted by atomic mass is 19.1. The normalized spacial score (nSPS) is 10.3. The molecule has 0 spiro atoms. The second-order valence-electron chi connectivity index (χ2n) is 6.19. The molecule has 3 rings (SSSR count). The van der Waals surface area contributed by atoms with Crippen LogP contribution in [0, 0.1) is 31.9 Å². The summed E-state index contributed by atoms with van der Waals surface area (Å²) >= 11 is 0. The molecule has 1 aromatic heterocycles. The minimum absolute atomic E-state index is 0.00838. The zero-order valence-corrected chi connectivity index (χ0v) is 15.7. The number of pyridine rings is 1. The van der Waals surface area contributed by atoms with Gasteiger partial charge in [0.2, 0.25) is 11.6 Å². The lowest BCUT2D eigenvalue weighted by Crippen LogP contribution is -2.16. The summed E-state index contributed by atoms with van der Waals surface area (Å²) in [5.41, 5.74) is -1.85. The van der Waals surface area contributed by atoms with Gasteiger partial charge in [-0.1, -0.05) is 0 Å². The number of nitro benzene ring substituents is 2. The van der Waals surface area contributed by atoms with Gasteiger partial charge in [-0.2, -0.15) is 8.78 Å². The van der Waals surface area contributed by atoms with Gasteiger partial charge in [0.15, 0.2) is 0 Å². The first kappa shape index (κ1) is 21.9. The number of nitrogens with one attached hydrogen (secondary N) is 2. The quantitative estimate of drug-likeness (QED) is 0.434. The predicted molar refractivity (Wildman–Crippen MR) is 106 cm³/mol. The smallest absolute Gasteiger partial charge is 0.306 e. The first-order valence-electron chi connectivity index (χ1n) is 8.62. The average Bonchev–Trinajstić information content (AvgIpc) is 2.76. The number of aromatic nitrogens is 1. The summed E-state index contributed by atoms with van der Waals surface area (Å²) in [6.45, 7) is 0. The number of carbonyl (C=O) groups excluding carboxylic acids is 2. The van der Waals surface area contributed by atoms with Crippen LogP contribution >= 0.6 is 0 Å². The van der Waals surface area contributed by atoms with E-state index in [-0.39, 0.29) is 22.6 Å². The lowest BCUT2D eigenvalue weighted by Gasteiger charge is -2.07. The molecule has 2 amide bonds. The third-order valence-electron chi connectivity index (χ3n) is 4.06. The SMILES string of the molecule is O=C(Nc1ccc(F)c([N+](=O)[O-])c1)c1ccc(C(=O)Nc2ccc(F)c([N+](=O)[O-])c2)nc1. The molecule has 0 atom stereocenters. The lowest BCUT2D eigenvalue weighted by atomic mass is 10.2. The number of nitro groups is 2.